The molecule has 3 aromatic carbocycles. The lowest BCUT2D eigenvalue weighted by Crippen LogP contribution is -2.15. The van der Waals surface area contributed by atoms with Crippen LogP contribution in [0.2, 0.25) is 5.02 Å². The van der Waals surface area contributed by atoms with Crippen LogP contribution in [0.1, 0.15) is 21.5 Å². The van der Waals surface area contributed by atoms with Crippen molar-refractivity contribution in [3.63, 3.8) is 0 Å². The summed E-state index contributed by atoms with van der Waals surface area (Å²) < 4.78 is 44.5. The second-order valence-electron chi connectivity index (χ2n) is 6.23. The van der Waals surface area contributed by atoms with E-state index in [9.17, 15) is 18.0 Å². The predicted octanol–water partition coefficient (Wildman–Crippen LogP) is 6.23. The molecule has 0 aliphatic carbocycles. The summed E-state index contributed by atoms with van der Waals surface area (Å²) in [7, 11) is 0. The monoisotopic (exact) mass is 419 g/mol. The first-order valence-corrected chi connectivity index (χ1v) is 9.16. The molecule has 29 heavy (non-hydrogen) atoms. The Morgan fingerprint density at radius 2 is 1.66 bits per heavy atom. The molecule has 3 nitrogen and oxygen atoms in total. The zero-order chi connectivity index (χ0) is 20.9. The third-order valence-corrected chi connectivity index (χ3v) is 4.49. The zero-order valence-electron chi connectivity index (χ0n) is 15.2. The Bertz CT molecular complexity index is 991. The molecule has 1 N–H and O–H groups in total. The highest BCUT2D eigenvalue weighted by molar-refractivity contribution is 6.34. The molecule has 0 saturated carbocycles. The quantitative estimate of drug-likeness (QED) is 0.514. The van der Waals surface area contributed by atoms with Crippen LogP contribution in [-0.4, -0.2) is 12.5 Å². The van der Waals surface area contributed by atoms with E-state index in [1.54, 1.807) is 18.2 Å². The first-order chi connectivity index (χ1) is 13.8. The van der Waals surface area contributed by atoms with Crippen LogP contribution in [-0.2, 0) is 12.6 Å². The van der Waals surface area contributed by atoms with Crippen LogP contribution in [0.25, 0.3) is 0 Å². The number of anilines is 1. The van der Waals surface area contributed by atoms with Crippen molar-refractivity contribution in [1.29, 1.82) is 0 Å². The molecule has 0 aliphatic rings. The Kier molecular flexibility index (Phi) is 6.44. The van der Waals surface area contributed by atoms with Gasteiger partial charge in [0.25, 0.3) is 5.91 Å². The number of carbonyl (C=O) groups excluding carboxylic acids is 1. The number of carbonyl (C=O) groups is 1. The van der Waals surface area contributed by atoms with Gasteiger partial charge in [0.15, 0.2) is 0 Å². The molecule has 7 heteroatoms. The number of halogens is 4. The van der Waals surface area contributed by atoms with Crippen molar-refractivity contribution in [2.45, 2.75) is 12.6 Å². The van der Waals surface area contributed by atoms with Crippen molar-refractivity contribution in [3.8, 4) is 5.75 Å². The van der Waals surface area contributed by atoms with Crippen LogP contribution in [0.15, 0.2) is 72.8 Å². The highest BCUT2D eigenvalue weighted by Gasteiger charge is 2.31. The molecule has 0 spiro atoms. The van der Waals surface area contributed by atoms with Gasteiger partial charge in [0.2, 0.25) is 0 Å². The Morgan fingerprint density at radius 1 is 0.966 bits per heavy atom. The maximum atomic E-state index is 12.9. The van der Waals surface area contributed by atoms with Gasteiger partial charge in [-0.2, -0.15) is 13.2 Å². The van der Waals surface area contributed by atoms with Crippen molar-refractivity contribution in [2.75, 3.05) is 11.9 Å². The first-order valence-electron chi connectivity index (χ1n) is 8.78. The summed E-state index contributed by atoms with van der Waals surface area (Å²) in [4.78, 5) is 12.7. The fourth-order valence-electron chi connectivity index (χ4n) is 2.69. The van der Waals surface area contributed by atoms with E-state index in [0.29, 0.717) is 18.8 Å². The van der Waals surface area contributed by atoms with Gasteiger partial charge < -0.3 is 10.1 Å². The number of rotatable bonds is 6. The van der Waals surface area contributed by atoms with Gasteiger partial charge >= 0.3 is 6.18 Å². The van der Waals surface area contributed by atoms with Gasteiger partial charge in [-0.1, -0.05) is 54.1 Å². The molecule has 0 atom stereocenters. The standard InChI is InChI=1S/C22H17ClF3NO2/c23-18-11-10-16(22(24,25)26)14-19(18)27-21(28)17-8-4-5-9-20(17)29-13-12-15-6-2-1-3-7-15/h1-11,14H,12-13H2,(H,27,28). The lowest BCUT2D eigenvalue weighted by atomic mass is 10.1. The number of para-hydroxylation sites is 1. The van der Waals surface area contributed by atoms with E-state index in [1.165, 1.54) is 6.07 Å². The Morgan fingerprint density at radius 3 is 2.38 bits per heavy atom. The normalized spacial score (nSPS) is 11.2. The number of hydrogen-bond acceptors (Lipinski definition) is 2. The average molecular weight is 420 g/mol. The molecule has 0 aromatic heterocycles. The number of amides is 1. The molecule has 0 aliphatic heterocycles. The molecule has 0 fully saturated rings. The highest BCUT2D eigenvalue weighted by Crippen LogP contribution is 2.34. The molecule has 0 radical (unpaired) electrons. The number of hydrogen-bond donors (Lipinski definition) is 1. The SMILES string of the molecule is O=C(Nc1cc(C(F)(F)F)ccc1Cl)c1ccccc1OCCc1ccccc1. The van der Waals surface area contributed by atoms with Gasteiger partial charge in [0.1, 0.15) is 5.75 Å². The molecular weight excluding hydrogens is 403 g/mol. The molecule has 0 bridgehead atoms. The fourth-order valence-corrected chi connectivity index (χ4v) is 2.86. The molecule has 0 unspecified atom stereocenters. The van der Waals surface area contributed by atoms with E-state index in [0.717, 1.165) is 23.8 Å². The lowest BCUT2D eigenvalue weighted by Gasteiger charge is -2.14. The minimum atomic E-state index is -4.54. The van der Waals surface area contributed by atoms with Gasteiger partial charge in [-0.25, -0.2) is 0 Å². The van der Waals surface area contributed by atoms with Gasteiger partial charge in [0.05, 0.1) is 28.4 Å². The molecule has 0 heterocycles. The molecular formula is C22H17ClF3NO2. The smallest absolute Gasteiger partial charge is 0.416 e. The Labute approximate surface area is 171 Å². The fraction of sp³-hybridized carbons (Fsp3) is 0.136. The van der Waals surface area contributed by atoms with Crippen LogP contribution >= 0.6 is 11.6 Å². The maximum absolute atomic E-state index is 12.9. The summed E-state index contributed by atoms with van der Waals surface area (Å²) in [6.45, 7) is 0.346. The van der Waals surface area contributed by atoms with E-state index in [-0.39, 0.29) is 16.3 Å². The Hall–Kier alpha value is -2.99. The summed E-state index contributed by atoms with van der Waals surface area (Å²) in [5, 5.41) is 2.44. The summed E-state index contributed by atoms with van der Waals surface area (Å²) in [6, 6.07) is 19.0. The van der Waals surface area contributed by atoms with E-state index in [2.05, 4.69) is 5.32 Å². The van der Waals surface area contributed by atoms with Gasteiger partial charge in [-0.3, -0.25) is 4.79 Å². The second-order valence-corrected chi connectivity index (χ2v) is 6.63. The van der Waals surface area contributed by atoms with Crippen molar-refractivity contribution < 1.29 is 22.7 Å². The summed E-state index contributed by atoms with van der Waals surface area (Å²) in [5.74, 6) is -0.273. The van der Waals surface area contributed by atoms with Crippen LogP contribution in [0.3, 0.4) is 0 Å². The Balaban J connectivity index is 1.73. The van der Waals surface area contributed by atoms with Crippen molar-refractivity contribution in [1.82, 2.24) is 0 Å². The van der Waals surface area contributed by atoms with Crippen LogP contribution in [0.4, 0.5) is 18.9 Å². The van der Waals surface area contributed by atoms with Gasteiger partial charge in [0, 0.05) is 6.42 Å². The van der Waals surface area contributed by atoms with Crippen molar-refractivity contribution in [3.05, 3.63) is 94.5 Å². The molecule has 1 amide bonds. The van der Waals surface area contributed by atoms with Gasteiger partial charge in [-0.15, -0.1) is 0 Å². The summed E-state index contributed by atoms with van der Waals surface area (Å²) in [5.41, 5.74) is 0.273. The van der Waals surface area contributed by atoms with E-state index < -0.39 is 17.6 Å². The van der Waals surface area contributed by atoms with E-state index in [4.69, 9.17) is 16.3 Å². The third-order valence-electron chi connectivity index (χ3n) is 4.16. The minimum absolute atomic E-state index is 0.00817. The summed E-state index contributed by atoms with van der Waals surface area (Å²) >= 11 is 5.96. The molecule has 3 aromatic rings. The highest BCUT2D eigenvalue weighted by atomic mass is 35.5. The third kappa shape index (κ3) is 5.51. The molecule has 3 rings (SSSR count). The first kappa shape index (κ1) is 20.7. The minimum Gasteiger partial charge on any atom is -0.492 e. The van der Waals surface area contributed by atoms with Crippen molar-refractivity contribution in [2.24, 2.45) is 0 Å². The second kappa shape index (κ2) is 9.01. The maximum Gasteiger partial charge on any atom is 0.416 e. The number of alkyl halides is 3. The largest absolute Gasteiger partial charge is 0.492 e. The van der Waals surface area contributed by atoms with Crippen LogP contribution in [0.5, 0.6) is 5.75 Å². The number of benzene rings is 3. The van der Waals surface area contributed by atoms with Crippen LogP contribution < -0.4 is 10.1 Å². The number of ether oxygens (including phenoxy) is 1. The van der Waals surface area contributed by atoms with E-state index >= 15 is 0 Å². The topological polar surface area (TPSA) is 38.3 Å². The molecule has 150 valence electrons. The molecule has 0 saturated heterocycles. The van der Waals surface area contributed by atoms with E-state index in [1.807, 2.05) is 30.3 Å². The zero-order valence-corrected chi connectivity index (χ0v) is 15.9. The lowest BCUT2D eigenvalue weighted by molar-refractivity contribution is -0.137. The van der Waals surface area contributed by atoms with Gasteiger partial charge in [-0.05, 0) is 35.9 Å². The predicted molar refractivity (Wildman–Crippen MR) is 106 cm³/mol. The summed E-state index contributed by atoms with van der Waals surface area (Å²) in [6.07, 6.45) is -3.89. The number of nitrogens with one attached hydrogen (secondary N) is 1. The average Bonchev–Trinajstić information content (AvgIpc) is 2.70. The van der Waals surface area contributed by atoms with Crippen molar-refractivity contribution >= 4 is 23.2 Å². The van der Waals surface area contributed by atoms with Crippen LogP contribution in [0, 0.1) is 0 Å².